The Hall–Kier alpha value is -2.21. The Morgan fingerprint density at radius 2 is 1.92 bits per heavy atom. The maximum absolute atomic E-state index is 13.2. The van der Waals surface area contributed by atoms with Gasteiger partial charge in [-0.3, -0.25) is 4.79 Å². The lowest BCUT2D eigenvalue weighted by atomic mass is 9.89. The minimum absolute atomic E-state index is 0.0252. The monoisotopic (exact) mass is 354 g/mol. The molecule has 1 aromatic heterocycles. The summed E-state index contributed by atoms with van der Waals surface area (Å²) < 4.78 is 7.25. The fourth-order valence-corrected chi connectivity index (χ4v) is 4.11. The highest BCUT2D eigenvalue weighted by Gasteiger charge is 2.41. The van der Waals surface area contributed by atoms with E-state index in [1.54, 1.807) is 0 Å². The third kappa shape index (κ3) is 3.38. The van der Waals surface area contributed by atoms with Gasteiger partial charge < -0.3 is 9.64 Å². The molecule has 0 saturated carbocycles. The average molecular weight is 354 g/mol. The lowest BCUT2D eigenvalue weighted by molar-refractivity contribution is 0.0657. The highest BCUT2D eigenvalue weighted by molar-refractivity contribution is 5.92. The van der Waals surface area contributed by atoms with Crippen LogP contribution >= 0.6 is 0 Å². The number of hydrogen-bond acceptors (Lipinski definition) is 4. The molecule has 0 unspecified atom stereocenters. The standard InChI is InChI=1S/C20H26N4O2/c1-20(2)12-18(15-6-4-3-5-7-15)23(14-20)19(25)17-13-24(22-21-17)16-8-10-26-11-9-16/h3-7,13,16,18H,8-12,14H2,1-2H3/t18-/m0/s1. The van der Waals surface area contributed by atoms with E-state index in [2.05, 4.69) is 36.3 Å². The first-order chi connectivity index (χ1) is 12.5. The normalized spacial score (nSPS) is 23.3. The molecule has 0 radical (unpaired) electrons. The van der Waals surface area contributed by atoms with Gasteiger partial charge >= 0.3 is 0 Å². The third-order valence-electron chi connectivity index (χ3n) is 5.46. The zero-order valence-electron chi connectivity index (χ0n) is 15.5. The summed E-state index contributed by atoms with van der Waals surface area (Å²) in [5, 5.41) is 8.42. The second-order valence-corrected chi connectivity index (χ2v) is 8.16. The van der Waals surface area contributed by atoms with E-state index in [-0.39, 0.29) is 23.4 Å². The zero-order chi connectivity index (χ0) is 18.1. The summed E-state index contributed by atoms with van der Waals surface area (Å²) in [5.41, 5.74) is 1.71. The molecule has 1 aromatic carbocycles. The van der Waals surface area contributed by atoms with Crippen LogP contribution in [-0.2, 0) is 4.74 Å². The molecule has 0 N–H and O–H groups in total. The van der Waals surface area contributed by atoms with Gasteiger partial charge in [0.2, 0.25) is 0 Å². The van der Waals surface area contributed by atoms with Gasteiger partial charge in [-0.25, -0.2) is 4.68 Å². The Morgan fingerprint density at radius 1 is 1.19 bits per heavy atom. The first kappa shape index (κ1) is 17.2. The first-order valence-electron chi connectivity index (χ1n) is 9.39. The lowest BCUT2D eigenvalue weighted by Crippen LogP contribution is -2.32. The molecular weight excluding hydrogens is 328 g/mol. The molecule has 2 aromatic rings. The largest absolute Gasteiger partial charge is 0.381 e. The number of likely N-dealkylation sites (tertiary alicyclic amines) is 1. The maximum Gasteiger partial charge on any atom is 0.276 e. The molecule has 0 aliphatic carbocycles. The van der Waals surface area contributed by atoms with Crippen molar-refractivity contribution in [2.24, 2.45) is 5.41 Å². The average Bonchev–Trinajstić information content (AvgIpc) is 3.27. The first-order valence-corrected chi connectivity index (χ1v) is 9.39. The van der Waals surface area contributed by atoms with Crippen molar-refractivity contribution in [3.05, 3.63) is 47.8 Å². The summed E-state index contributed by atoms with van der Waals surface area (Å²) >= 11 is 0. The van der Waals surface area contributed by atoms with Crippen LogP contribution in [0.5, 0.6) is 0 Å². The highest BCUT2D eigenvalue weighted by atomic mass is 16.5. The van der Waals surface area contributed by atoms with E-state index in [4.69, 9.17) is 4.74 Å². The van der Waals surface area contributed by atoms with E-state index in [0.29, 0.717) is 5.69 Å². The molecule has 2 aliphatic heterocycles. The van der Waals surface area contributed by atoms with Crippen LogP contribution in [0.3, 0.4) is 0 Å². The van der Waals surface area contributed by atoms with Crippen molar-refractivity contribution in [3.8, 4) is 0 Å². The van der Waals surface area contributed by atoms with Gasteiger partial charge in [0.1, 0.15) is 0 Å². The van der Waals surface area contributed by atoms with Gasteiger partial charge in [0, 0.05) is 19.8 Å². The molecule has 1 amide bonds. The van der Waals surface area contributed by atoms with Gasteiger partial charge in [-0.2, -0.15) is 0 Å². The number of hydrogen-bond donors (Lipinski definition) is 0. The Morgan fingerprint density at radius 3 is 2.65 bits per heavy atom. The van der Waals surface area contributed by atoms with Gasteiger partial charge in [0.15, 0.2) is 5.69 Å². The number of ether oxygens (including phenoxy) is 1. The van der Waals surface area contributed by atoms with Crippen LogP contribution in [0.25, 0.3) is 0 Å². The highest BCUT2D eigenvalue weighted by Crippen LogP contribution is 2.43. The molecule has 26 heavy (non-hydrogen) atoms. The number of aromatic nitrogens is 3. The van der Waals surface area contributed by atoms with E-state index in [9.17, 15) is 4.79 Å². The summed E-state index contributed by atoms with van der Waals surface area (Å²) in [4.78, 5) is 15.2. The fraction of sp³-hybridized carbons (Fsp3) is 0.550. The fourth-order valence-electron chi connectivity index (χ4n) is 4.11. The van der Waals surface area contributed by atoms with Gasteiger partial charge in [0.25, 0.3) is 5.91 Å². The van der Waals surface area contributed by atoms with Crippen molar-refractivity contribution < 1.29 is 9.53 Å². The molecular formula is C20H26N4O2. The van der Waals surface area contributed by atoms with Crippen molar-refractivity contribution in [1.29, 1.82) is 0 Å². The number of amides is 1. The van der Waals surface area contributed by atoms with Gasteiger partial charge in [-0.1, -0.05) is 49.4 Å². The lowest BCUT2D eigenvalue weighted by Gasteiger charge is -2.24. The number of benzene rings is 1. The second-order valence-electron chi connectivity index (χ2n) is 8.16. The number of carbonyl (C=O) groups excluding carboxylic acids is 1. The zero-order valence-corrected chi connectivity index (χ0v) is 15.5. The van der Waals surface area contributed by atoms with Crippen molar-refractivity contribution in [2.75, 3.05) is 19.8 Å². The Kier molecular flexibility index (Phi) is 4.53. The molecule has 138 valence electrons. The molecule has 4 rings (SSSR count). The predicted molar refractivity (Wildman–Crippen MR) is 97.7 cm³/mol. The summed E-state index contributed by atoms with van der Waals surface area (Å²) in [5.74, 6) is -0.0252. The Bertz CT molecular complexity index is 765. The van der Waals surface area contributed by atoms with Crippen molar-refractivity contribution in [2.45, 2.75) is 45.2 Å². The van der Waals surface area contributed by atoms with E-state index in [0.717, 1.165) is 39.0 Å². The van der Waals surface area contributed by atoms with E-state index in [1.165, 1.54) is 5.56 Å². The smallest absolute Gasteiger partial charge is 0.276 e. The Labute approximate surface area is 154 Å². The van der Waals surface area contributed by atoms with Crippen LogP contribution < -0.4 is 0 Å². The topological polar surface area (TPSA) is 60.2 Å². The van der Waals surface area contributed by atoms with E-state index >= 15 is 0 Å². The number of rotatable bonds is 3. The molecule has 2 saturated heterocycles. The molecule has 6 heteroatoms. The molecule has 0 bridgehead atoms. The minimum atomic E-state index is -0.0252. The summed E-state index contributed by atoms with van der Waals surface area (Å²) in [6.45, 7) is 6.65. The minimum Gasteiger partial charge on any atom is -0.381 e. The molecule has 6 nitrogen and oxygen atoms in total. The summed E-state index contributed by atoms with van der Waals surface area (Å²) in [6.07, 6.45) is 4.60. The maximum atomic E-state index is 13.2. The third-order valence-corrected chi connectivity index (χ3v) is 5.46. The molecule has 1 atom stereocenters. The summed E-state index contributed by atoms with van der Waals surface area (Å²) in [7, 11) is 0. The molecule has 3 heterocycles. The van der Waals surface area contributed by atoms with E-state index in [1.807, 2.05) is 34.0 Å². The van der Waals surface area contributed by atoms with Gasteiger partial charge in [-0.05, 0) is 30.2 Å². The van der Waals surface area contributed by atoms with E-state index < -0.39 is 0 Å². The van der Waals surface area contributed by atoms with Crippen LogP contribution in [0, 0.1) is 5.41 Å². The van der Waals surface area contributed by atoms with Crippen molar-refractivity contribution in [1.82, 2.24) is 19.9 Å². The van der Waals surface area contributed by atoms with Crippen LogP contribution in [0.4, 0.5) is 0 Å². The predicted octanol–water partition coefficient (Wildman–Crippen LogP) is 3.24. The van der Waals surface area contributed by atoms with Gasteiger partial charge in [-0.15, -0.1) is 5.10 Å². The van der Waals surface area contributed by atoms with Crippen molar-refractivity contribution >= 4 is 5.91 Å². The second kappa shape index (κ2) is 6.83. The van der Waals surface area contributed by atoms with Crippen LogP contribution in [0.2, 0.25) is 0 Å². The van der Waals surface area contributed by atoms with Gasteiger partial charge in [0.05, 0.1) is 18.3 Å². The number of nitrogens with zero attached hydrogens (tertiary/aromatic N) is 4. The SMILES string of the molecule is CC1(C)C[C@@H](c2ccccc2)N(C(=O)c2cn(C3CCOCC3)nn2)C1. The molecule has 2 fully saturated rings. The summed E-state index contributed by atoms with van der Waals surface area (Å²) in [6, 6.07) is 10.6. The number of carbonyl (C=O) groups is 1. The van der Waals surface area contributed by atoms with Crippen molar-refractivity contribution in [3.63, 3.8) is 0 Å². The molecule has 2 aliphatic rings. The van der Waals surface area contributed by atoms with Crippen LogP contribution in [-0.4, -0.2) is 45.6 Å². The van der Waals surface area contributed by atoms with Crippen LogP contribution in [0.1, 0.15) is 61.2 Å². The van der Waals surface area contributed by atoms with Crippen LogP contribution in [0.15, 0.2) is 36.5 Å². The Balaban J connectivity index is 1.57. The molecule has 0 spiro atoms. The quantitative estimate of drug-likeness (QED) is 0.849.